The second kappa shape index (κ2) is 6.79. The number of fused-ring (bicyclic) bond motifs is 1. The SMILES string of the molecule is Cc1cc(NC(=O)Nc2ccc(-c3nn(C4CC4)c4ncnc(N)c34)cc2F)on1. The third-order valence-corrected chi connectivity index (χ3v) is 4.77. The van der Waals surface area contributed by atoms with Crippen molar-refractivity contribution >= 4 is 34.5 Å². The molecule has 0 saturated heterocycles. The maximum absolute atomic E-state index is 14.7. The Hall–Kier alpha value is -4.02. The number of halogens is 1. The van der Waals surface area contributed by atoms with E-state index in [4.69, 9.17) is 10.3 Å². The second-order valence-electron chi connectivity index (χ2n) is 7.09. The monoisotopic (exact) mass is 408 g/mol. The molecule has 3 heterocycles. The first kappa shape index (κ1) is 18.0. The fourth-order valence-corrected chi connectivity index (χ4v) is 3.22. The summed E-state index contributed by atoms with van der Waals surface area (Å²) in [5.74, 6) is -0.179. The first-order valence-corrected chi connectivity index (χ1v) is 9.29. The quantitative estimate of drug-likeness (QED) is 0.470. The molecule has 10 nitrogen and oxygen atoms in total. The number of hydrogen-bond acceptors (Lipinski definition) is 7. The van der Waals surface area contributed by atoms with Gasteiger partial charge in [-0.2, -0.15) is 5.10 Å². The zero-order chi connectivity index (χ0) is 20.8. The normalized spacial score (nSPS) is 13.5. The number of carbonyl (C=O) groups is 1. The third-order valence-electron chi connectivity index (χ3n) is 4.77. The van der Waals surface area contributed by atoms with Crippen molar-refractivity contribution in [2.75, 3.05) is 16.4 Å². The van der Waals surface area contributed by atoms with Gasteiger partial charge >= 0.3 is 6.03 Å². The van der Waals surface area contributed by atoms with Crippen LogP contribution in [0.15, 0.2) is 35.1 Å². The lowest BCUT2D eigenvalue weighted by atomic mass is 10.1. The van der Waals surface area contributed by atoms with E-state index in [0.717, 1.165) is 12.8 Å². The summed E-state index contributed by atoms with van der Waals surface area (Å²) < 4.78 is 21.5. The van der Waals surface area contributed by atoms with Crippen molar-refractivity contribution in [2.45, 2.75) is 25.8 Å². The smallest absolute Gasteiger partial charge is 0.326 e. The molecule has 1 aliphatic rings. The number of carbonyl (C=O) groups excluding carboxylic acids is 1. The Kier molecular flexibility index (Phi) is 4.09. The molecule has 11 heteroatoms. The molecule has 1 aromatic carbocycles. The van der Waals surface area contributed by atoms with Crippen molar-refractivity contribution in [3.63, 3.8) is 0 Å². The summed E-state index contributed by atoms with van der Waals surface area (Å²) in [6.07, 6.45) is 3.42. The van der Waals surface area contributed by atoms with E-state index in [2.05, 4.69) is 30.9 Å². The van der Waals surface area contributed by atoms with E-state index >= 15 is 0 Å². The number of aryl methyl sites for hydroxylation is 1. The number of hydrogen-bond donors (Lipinski definition) is 3. The minimum absolute atomic E-state index is 0.00244. The standard InChI is InChI=1S/C19H17FN8O2/c1-9-6-14(30-27-9)25-19(29)24-13-5-2-10(7-12(13)20)16-15-17(21)22-8-23-18(15)28(26-16)11-3-4-11/h2,5-8,11H,3-4H2,1H3,(H2,21,22,23)(H2,24,25,29). The lowest BCUT2D eigenvalue weighted by Gasteiger charge is -2.08. The predicted molar refractivity (Wildman–Crippen MR) is 107 cm³/mol. The largest absolute Gasteiger partial charge is 0.383 e. The Morgan fingerprint density at radius 2 is 2.10 bits per heavy atom. The molecule has 0 atom stereocenters. The Labute approximate surface area is 169 Å². The highest BCUT2D eigenvalue weighted by Crippen LogP contribution is 2.40. The van der Waals surface area contributed by atoms with Crippen LogP contribution in [-0.2, 0) is 0 Å². The van der Waals surface area contributed by atoms with Gasteiger partial charge in [-0.05, 0) is 31.9 Å². The minimum Gasteiger partial charge on any atom is -0.383 e. The predicted octanol–water partition coefficient (Wildman–Crippen LogP) is 3.49. The van der Waals surface area contributed by atoms with Crippen LogP contribution in [-0.4, -0.2) is 30.9 Å². The van der Waals surface area contributed by atoms with Gasteiger partial charge in [0.25, 0.3) is 0 Å². The molecule has 4 aromatic rings. The minimum atomic E-state index is -0.654. The number of aromatic nitrogens is 5. The molecule has 5 rings (SSSR count). The highest BCUT2D eigenvalue weighted by atomic mass is 19.1. The Morgan fingerprint density at radius 1 is 1.27 bits per heavy atom. The van der Waals surface area contributed by atoms with Crippen LogP contribution in [0.1, 0.15) is 24.6 Å². The number of urea groups is 1. The number of nitrogens with two attached hydrogens (primary N) is 1. The fraction of sp³-hybridized carbons (Fsp3) is 0.211. The van der Waals surface area contributed by atoms with Crippen molar-refractivity contribution < 1.29 is 13.7 Å². The van der Waals surface area contributed by atoms with Crippen molar-refractivity contribution in [1.29, 1.82) is 0 Å². The molecule has 1 aliphatic carbocycles. The first-order valence-electron chi connectivity index (χ1n) is 9.29. The van der Waals surface area contributed by atoms with Crippen molar-refractivity contribution in [1.82, 2.24) is 24.9 Å². The molecule has 0 spiro atoms. The molecule has 3 aromatic heterocycles. The van der Waals surface area contributed by atoms with Gasteiger partial charge in [-0.3, -0.25) is 5.32 Å². The van der Waals surface area contributed by atoms with Gasteiger partial charge in [-0.15, -0.1) is 0 Å². The van der Waals surface area contributed by atoms with Crippen molar-refractivity contribution in [3.05, 3.63) is 42.1 Å². The van der Waals surface area contributed by atoms with Crippen LogP contribution < -0.4 is 16.4 Å². The second-order valence-corrected chi connectivity index (χ2v) is 7.09. The summed E-state index contributed by atoms with van der Waals surface area (Å²) in [6.45, 7) is 1.72. The fourth-order valence-electron chi connectivity index (χ4n) is 3.22. The van der Waals surface area contributed by atoms with Gasteiger partial charge in [0, 0.05) is 11.6 Å². The Morgan fingerprint density at radius 3 is 2.80 bits per heavy atom. The van der Waals surface area contributed by atoms with Crippen molar-refractivity contribution in [2.24, 2.45) is 0 Å². The average Bonchev–Trinajstić information content (AvgIpc) is 3.36. The summed E-state index contributed by atoms with van der Waals surface area (Å²) in [4.78, 5) is 20.4. The number of benzene rings is 1. The summed E-state index contributed by atoms with van der Waals surface area (Å²) in [7, 11) is 0. The van der Waals surface area contributed by atoms with E-state index in [9.17, 15) is 9.18 Å². The molecule has 0 bridgehead atoms. The van der Waals surface area contributed by atoms with Gasteiger partial charge in [0.05, 0.1) is 22.8 Å². The average molecular weight is 408 g/mol. The van der Waals surface area contributed by atoms with Gasteiger partial charge in [0.2, 0.25) is 5.88 Å². The van der Waals surface area contributed by atoms with Crippen molar-refractivity contribution in [3.8, 4) is 11.3 Å². The maximum atomic E-state index is 14.7. The molecule has 2 amide bonds. The zero-order valence-corrected chi connectivity index (χ0v) is 15.9. The molecular weight excluding hydrogens is 391 g/mol. The zero-order valence-electron chi connectivity index (χ0n) is 15.9. The Bertz CT molecular complexity index is 1280. The summed E-state index contributed by atoms with van der Waals surface area (Å²) in [6, 6.07) is 5.57. The summed E-state index contributed by atoms with van der Waals surface area (Å²) in [5, 5.41) is 13.8. The molecule has 0 aliphatic heterocycles. The maximum Gasteiger partial charge on any atom is 0.326 e. The number of rotatable bonds is 4. The number of amides is 2. The van der Waals surface area contributed by atoms with E-state index in [1.807, 2.05) is 4.68 Å². The Balaban J connectivity index is 1.44. The van der Waals surface area contributed by atoms with Crippen LogP contribution in [0.3, 0.4) is 0 Å². The number of nitrogen functional groups attached to an aromatic ring is 1. The van der Waals surface area contributed by atoms with E-state index in [0.29, 0.717) is 28.0 Å². The van der Waals surface area contributed by atoms with Crippen LogP contribution >= 0.6 is 0 Å². The highest BCUT2D eigenvalue weighted by molar-refractivity contribution is 6.00. The van der Waals surface area contributed by atoms with Gasteiger partial charge in [-0.1, -0.05) is 11.2 Å². The molecule has 152 valence electrons. The van der Waals surface area contributed by atoms with Gasteiger partial charge in [-0.25, -0.2) is 23.8 Å². The molecular formula is C19H17FN8O2. The van der Waals surface area contributed by atoms with Gasteiger partial charge < -0.3 is 15.6 Å². The molecule has 1 fully saturated rings. The lowest BCUT2D eigenvalue weighted by Crippen LogP contribution is -2.19. The van der Waals surface area contributed by atoms with E-state index < -0.39 is 11.8 Å². The van der Waals surface area contributed by atoms with E-state index in [1.54, 1.807) is 19.1 Å². The van der Waals surface area contributed by atoms with Crippen LogP contribution in [0.2, 0.25) is 0 Å². The molecule has 0 radical (unpaired) electrons. The molecule has 4 N–H and O–H groups in total. The topological polar surface area (TPSA) is 137 Å². The van der Waals surface area contributed by atoms with E-state index in [-0.39, 0.29) is 23.4 Å². The summed E-state index contributed by atoms with van der Waals surface area (Å²) >= 11 is 0. The summed E-state index contributed by atoms with van der Waals surface area (Å²) in [5.41, 5.74) is 8.32. The lowest BCUT2D eigenvalue weighted by molar-refractivity contribution is 0.261. The first-order chi connectivity index (χ1) is 14.5. The number of nitrogens with zero attached hydrogens (tertiary/aromatic N) is 5. The van der Waals surface area contributed by atoms with E-state index in [1.165, 1.54) is 18.5 Å². The number of nitrogens with one attached hydrogen (secondary N) is 2. The van der Waals surface area contributed by atoms with Gasteiger partial charge in [0.15, 0.2) is 5.65 Å². The van der Waals surface area contributed by atoms with Crippen LogP contribution in [0.5, 0.6) is 0 Å². The molecule has 0 unspecified atom stereocenters. The molecule has 30 heavy (non-hydrogen) atoms. The highest BCUT2D eigenvalue weighted by Gasteiger charge is 2.29. The number of anilines is 3. The van der Waals surface area contributed by atoms with Gasteiger partial charge in [0.1, 0.15) is 23.7 Å². The van der Waals surface area contributed by atoms with Crippen LogP contribution in [0, 0.1) is 12.7 Å². The van der Waals surface area contributed by atoms with Crippen LogP contribution in [0.25, 0.3) is 22.3 Å². The third kappa shape index (κ3) is 3.19. The van der Waals surface area contributed by atoms with Crippen LogP contribution in [0.4, 0.5) is 26.6 Å². The molecule has 1 saturated carbocycles.